The van der Waals surface area contributed by atoms with Crippen LogP contribution in [0.1, 0.15) is 42.9 Å². The van der Waals surface area contributed by atoms with E-state index in [1.54, 1.807) is 0 Å². The van der Waals surface area contributed by atoms with Crippen molar-refractivity contribution in [2.75, 3.05) is 39.4 Å². The number of ether oxygens (including phenoxy) is 1. The molecular formula is C16H29N5O. The van der Waals surface area contributed by atoms with E-state index in [4.69, 9.17) is 10.5 Å². The van der Waals surface area contributed by atoms with E-state index in [2.05, 4.69) is 20.4 Å². The second kappa shape index (κ2) is 8.06. The Morgan fingerprint density at radius 2 is 2.05 bits per heavy atom. The third kappa shape index (κ3) is 3.87. The number of nitrogens with zero attached hydrogens (tertiary/aromatic N) is 2. The summed E-state index contributed by atoms with van der Waals surface area (Å²) in [6.07, 6.45) is 7.16. The monoisotopic (exact) mass is 307 g/mol. The molecule has 4 N–H and O–H groups in total. The largest absolute Gasteiger partial charge is 0.379 e. The van der Waals surface area contributed by atoms with Crippen LogP contribution in [-0.4, -0.2) is 60.5 Å². The normalized spacial score (nSPS) is 27.1. The van der Waals surface area contributed by atoms with Gasteiger partial charge in [0, 0.05) is 38.8 Å². The van der Waals surface area contributed by atoms with Crippen molar-refractivity contribution in [2.24, 2.45) is 5.73 Å². The van der Waals surface area contributed by atoms with Crippen molar-refractivity contribution in [2.45, 2.75) is 44.2 Å². The first-order valence-electron chi connectivity index (χ1n) is 8.63. The lowest BCUT2D eigenvalue weighted by atomic mass is 9.81. The molecule has 0 unspecified atom stereocenters. The lowest BCUT2D eigenvalue weighted by Crippen LogP contribution is -2.44. The van der Waals surface area contributed by atoms with Gasteiger partial charge in [0.05, 0.1) is 25.1 Å². The Balaban J connectivity index is 1.51. The molecule has 1 saturated carbocycles. The molecule has 124 valence electrons. The van der Waals surface area contributed by atoms with Crippen LogP contribution >= 0.6 is 0 Å². The van der Waals surface area contributed by atoms with Gasteiger partial charge in [-0.05, 0) is 37.2 Å². The van der Waals surface area contributed by atoms with Gasteiger partial charge in [-0.1, -0.05) is 0 Å². The molecule has 0 radical (unpaired) electrons. The van der Waals surface area contributed by atoms with Crippen LogP contribution in [0.5, 0.6) is 0 Å². The van der Waals surface area contributed by atoms with E-state index < -0.39 is 0 Å². The highest BCUT2D eigenvalue weighted by Crippen LogP contribution is 2.35. The maximum atomic E-state index is 5.53. The molecule has 2 fully saturated rings. The number of aromatic nitrogens is 2. The fraction of sp³-hybridized carbons (Fsp3) is 0.812. The topological polar surface area (TPSA) is 79.2 Å². The number of rotatable bonds is 6. The number of nitrogens with two attached hydrogens (primary N) is 1. The van der Waals surface area contributed by atoms with Crippen molar-refractivity contribution in [3.05, 3.63) is 17.5 Å². The number of aromatic amines is 1. The maximum Gasteiger partial charge on any atom is 0.0594 e. The van der Waals surface area contributed by atoms with Crippen LogP contribution in [0.15, 0.2) is 6.20 Å². The molecule has 2 aliphatic rings. The quantitative estimate of drug-likeness (QED) is 0.678. The van der Waals surface area contributed by atoms with Gasteiger partial charge in [-0.25, -0.2) is 0 Å². The SMILES string of the molecule is NCCNCc1[nH]ncc1C1CCC(N2CCOCC2)CC1. The first-order chi connectivity index (χ1) is 10.9. The van der Waals surface area contributed by atoms with E-state index in [0.717, 1.165) is 45.4 Å². The van der Waals surface area contributed by atoms with E-state index in [1.807, 2.05) is 6.20 Å². The summed E-state index contributed by atoms with van der Waals surface area (Å²) in [5.41, 5.74) is 8.18. The average Bonchev–Trinajstić information content (AvgIpc) is 3.05. The second-order valence-electron chi connectivity index (χ2n) is 6.42. The summed E-state index contributed by atoms with van der Waals surface area (Å²) >= 11 is 0. The van der Waals surface area contributed by atoms with Crippen LogP contribution in [0.25, 0.3) is 0 Å². The Bertz CT molecular complexity index is 435. The first-order valence-corrected chi connectivity index (χ1v) is 8.63. The molecule has 1 aliphatic carbocycles. The Hall–Kier alpha value is -0.950. The summed E-state index contributed by atoms with van der Waals surface area (Å²) in [7, 11) is 0. The number of hydrogen-bond acceptors (Lipinski definition) is 5. The van der Waals surface area contributed by atoms with Crippen molar-refractivity contribution in [1.29, 1.82) is 0 Å². The maximum absolute atomic E-state index is 5.53. The lowest BCUT2D eigenvalue weighted by molar-refractivity contribution is 0.00728. The van der Waals surface area contributed by atoms with Gasteiger partial charge < -0.3 is 15.8 Å². The zero-order valence-corrected chi connectivity index (χ0v) is 13.4. The van der Waals surface area contributed by atoms with Gasteiger partial charge >= 0.3 is 0 Å². The predicted molar refractivity (Wildman–Crippen MR) is 86.7 cm³/mol. The first kappa shape index (κ1) is 15.9. The van der Waals surface area contributed by atoms with Crippen molar-refractivity contribution in [3.63, 3.8) is 0 Å². The van der Waals surface area contributed by atoms with E-state index in [1.165, 1.54) is 36.9 Å². The molecule has 1 saturated heterocycles. The third-order valence-electron chi connectivity index (χ3n) is 5.07. The van der Waals surface area contributed by atoms with Crippen LogP contribution in [0, 0.1) is 0 Å². The molecule has 3 rings (SSSR count). The second-order valence-corrected chi connectivity index (χ2v) is 6.42. The summed E-state index contributed by atoms with van der Waals surface area (Å²) in [4.78, 5) is 2.62. The van der Waals surface area contributed by atoms with Gasteiger partial charge in [-0.2, -0.15) is 5.10 Å². The van der Waals surface area contributed by atoms with Crippen molar-refractivity contribution >= 4 is 0 Å². The van der Waals surface area contributed by atoms with Crippen molar-refractivity contribution in [1.82, 2.24) is 20.4 Å². The van der Waals surface area contributed by atoms with Crippen LogP contribution in [0.4, 0.5) is 0 Å². The summed E-state index contributed by atoms with van der Waals surface area (Å²) in [6.45, 7) is 6.38. The molecule has 0 atom stereocenters. The smallest absolute Gasteiger partial charge is 0.0594 e. The Kier molecular flexibility index (Phi) is 5.83. The minimum Gasteiger partial charge on any atom is -0.379 e. The average molecular weight is 307 g/mol. The van der Waals surface area contributed by atoms with Crippen LogP contribution in [-0.2, 0) is 11.3 Å². The predicted octanol–water partition coefficient (Wildman–Crippen LogP) is 0.816. The van der Waals surface area contributed by atoms with Gasteiger partial charge in [0.25, 0.3) is 0 Å². The molecule has 6 heteroatoms. The molecule has 22 heavy (non-hydrogen) atoms. The number of hydrogen-bond donors (Lipinski definition) is 3. The molecular weight excluding hydrogens is 278 g/mol. The standard InChI is InChI=1S/C16H29N5O/c17-5-6-18-12-16-15(11-19-20-16)13-1-3-14(4-2-13)21-7-9-22-10-8-21/h11,13-14,18H,1-10,12,17H2,(H,19,20). The van der Waals surface area contributed by atoms with Gasteiger partial charge in [-0.3, -0.25) is 10.00 Å². The zero-order valence-electron chi connectivity index (χ0n) is 13.4. The molecule has 0 spiro atoms. The van der Waals surface area contributed by atoms with Crippen LogP contribution < -0.4 is 11.1 Å². The zero-order chi connectivity index (χ0) is 15.2. The van der Waals surface area contributed by atoms with Crippen molar-refractivity contribution < 1.29 is 4.74 Å². The number of H-pyrrole nitrogens is 1. The van der Waals surface area contributed by atoms with Gasteiger partial charge in [0.1, 0.15) is 0 Å². The van der Waals surface area contributed by atoms with Crippen molar-refractivity contribution in [3.8, 4) is 0 Å². The van der Waals surface area contributed by atoms with Crippen LogP contribution in [0.2, 0.25) is 0 Å². The third-order valence-corrected chi connectivity index (χ3v) is 5.07. The molecule has 1 aromatic heterocycles. The highest BCUT2D eigenvalue weighted by molar-refractivity contribution is 5.22. The van der Waals surface area contributed by atoms with Crippen LogP contribution in [0.3, 0.4) is 0 Å². The highest BCUT2D eigenvalue weighted by Gasteiger charge is 2.28. The molecule has 6 nitrogen and oxygen atoms in total. The molecule has 1 aromatic rings. The lowest BCUT2D eigenvalue weighted by Gasteiger charge is -2.38. The summed E-state index contributed by atoms with van der Waals surface area (Å²) in [5, 5.41) is 10.8. The van der Waals surface area contributed by atoms with E-state index >= 15 is 0 Å². The number of morpholine rings is 1. The molecule has 0 amide bonds. The highest BCUT2D eigenvalue weighted by atomic mass is 16.5. The minimum atomic E-state index is 0.658. The number of nitrogens with one attached hydrogen (secondary N) is 2. The Morgan fingerprint density at radius 1 is 1.27 bits per heavy atom. The Labute approximate surface area is 132 Å². The van der Waals surface area contributed by atoms with E-state index in [9.17, 15) is 0 Å². The molecule has 0 bridgehead atoms. The summed E-state index contributed by atoms with van der Waals surface area (Å²) in [6, 6.07) is 0.755. The fourth-order valence-corrected chi connectivity index (χ4v) is 3.83. The summed E-state index contributed by atoms with van der Waals surface area (Å²) in [5.74, 6) is 0.658. The van der Waals surface area contributed by atoms with Gasteiger partial charge in [-0.15, -0.1) is 0 Å². The van der Waals surface area contributed by atoms with Gasteiger partial charge in [0.2, 0.25) is 0 Å². The summed E-state index contributed by atoms with van der Waals surface area (Å²) < 4.78 is 5.46. The molecule has 1 aliphatic heterocycles. The van der Waals surface area contributed by atoms with E-state index in [0.29, 0.717) is 12.5 Å². The Morgan fingerprint density at radius 3 is 2.77 bits per heavy atom. The van der Waals surface area contributed by atoms with E-state index in [-0.39, 0.29) is 0 Å². The van der Waals surface area contributed by atoms with Gasteiger partial charge in [0.15, 0.2) is 0 Å². The molecule has 0 aromatic carbocycles. The molecule has 2 heterocycles. The minimum absolute atomic E-state index is 0.658. The fourth-order valence-electron chi connectivity index (χ4n) is 3.83.